The van der Waals surface area contributed by atoms with Crippen LogP contribution in [0.25, 0.3) is 82.7 Å². The molecule has 0 unspecified atom stereocenters. The molecule has 234 valence electrons. The van der Waals surface area contributed by atoms with Crippen LogP contribution in [0.4, 0.5) is 0 Å². The van der Waals surface area contributed by atoms with Crippen molar-refractivity contribution in [3.63, 3.8) is 0 Å². The molecule has 50 heavy (non-hydrogen) atoms. The zero-order valence-electron chi connectivity index (χ0n) is 28.1. The first-order valence-electron chi connectivity index (χ1n) is 16.9. The van der Waals surface area contributed by atoms with Crippen LogP contribution in [0.5, 0.6) is 11.5 Å². The fraction of sp³-hybridized carbons (Fsp3) is 0. The molecule has 0 saturated carbocycles. The summed E-state index contributed by atoms with van der Waals surface area (Å²) in [5.41, 5.74) is 10.4. The predicted octanol–water partition coefficient (Wildman–Crippen LogP) is 5.67. The number of fused-ring (bicyclic) bond motifs is 4. The van der Waals surface area contributed by atoms with Crippen LogP contribution in [0.1, 0.15) is 0 Å². The van der Waals surface area contributed by atoms with Crippen LogP contribution in [0, 0.1) is 0 Å². The Hall–Kier alpha value is -6.20. The van der Waals surface area contributed by atoms with E-state index in [1.807, 2.05) is 47.8 Å². The molecule has 9 rings (SSSR count). The highest BCUT2D eigenvalue weighted by molar-refractivity contribution is 6.59. The SMILES string of the molecule is Bc1c(B)c(O)c(O)c(-c2nc3ccccc3n2-c2ccc(-c3c4ccccc4c(-c4ccc5ccccc5c4)c4ccccc34)cc2)c1B. The third kappa shape index (κ3) is 4.47. The van der Waals surface area contributed by atoms with E-state index in [-0.39, 0.29) is 11.5 Å². The zero-order chi connectivity index (χ0) is 34.1. The first-order valence-corrected chi connectivity index (χ1v) is 16.9. The molecule has 1 heterocycles. The van der Waals surface area contributed by atoms with Gasteiger partial charge in [-0.15, -0.1) is 0 Å². The third-order valence-corrected chi connectivity index (χ3v) is 10.5. The Balaban J connectivity index is 1.26. The van der Waals surface area contributed by atoms with E-state index in [1.165, 1.54) is 49.0 Å². The summed E-state index contributed by atoms with van der Waals surface area (Å²) in [7, 11) is 5.76. The number of rotatable bonds is 4. The molecule has 0 aliphatic heterocycles. The molecule has 2 N–H and O–H groups in total. The van der Waals surface area contributed by atoms with E-state index in [0.717, 1.165) is 33.2 Å². The maximum atomic E-state index is 11.3. The first-order chi connectivity index (χ1) is 24.4. The molecule has 0 aliphatic rings. The molecule has 0 spiro atoms. The molecule has 0 aliphatic carbocycles. The summed E-state index contributed by atoms with van der Waals surface area (Å²) in [6.45, 7) is 0. The van der Waals surface area contributed by atoms with Gasteiger partial charge in [-0.2, -0.15) is 0 Å². The second-order valence-electron chi connectivity index (χ2n) is 13.2. The molecule has 0 saturated heterocycles. The van der Waals surface area contributed by atoms with Crippen molar-refractivity contribution in [1.82, 2.24) is 9.55 Å². The lowest BCUT2D eigenvalue weighted by atomic mass is 9.69. The van der Waals surface area contributed by atoms with Gasteiger partial charge in [0.25, 0.3) is 0 Å². The lowest BCUT2D eigenvalue weighted by Crippen LogP contribution is -2.40. The topological polar surface area (TPSA) is 58.3 Å². The molecular weight excluding hydrogens is 609 g/mol. The van der Waals surface area contributed by atoms with Gasteiger partial charge >= 0.3 is 0 Å². The number of benzene rings is 8. The third-order valence-electron chi connectivity index (χ3n) is 10.5. The van der Waals surface area contributed by atoms with Crippen molar-refractivity contribution >= 4 is 83.3 Å². The predicted molar refractivity (Wildman–Crippen MR) is 218 cm³/mol. The number of nitrogens with zero attached hydrogens (tertiary/aromatic N) is 2. The largest absolute Gasteiger partial charge is 0.505 e. The van der Waals surface area contributed by atoms with Gasteiger partial charge in [0.2, 0.25) is 0 Å². The molecule has 0 radical (unpaired) electrons. The Morgan fingerprint density at radius 3 is 1.66 bits per heavy atom. The number of phenols is 2. The number of hydrogen-bond donors (Lipinski definition) is 2. The summed E-state index contributed by atoms with van der Waals surface area (Å²) in [6, 6.07) is 49.3. The average molecular weight is 640 g/mol. The van der Waals surface area contributed by atoms with Crippen molar-refractivity contribution in [2.45, 2.75) is 0 Å². The van der Waals surface area contributed by atoms with Gasteiger partial charge in [0, 0.05) is 5.69 Å². The van der Waals surface area contributed by atoms with E-state index in [0.29, 0.717) is 16.9 Å². The first kappa shape index (κ1) is 29.9. The Morgan fingerprint density at radius 2 is 1.00 bits per heavy atom. The molecule has 4 nitrogen and oxygen atoms in total. The lowest BCUT2D eigenvalue weighted by molar-refractivity contribution is 0.408. The Kier molecular flexibility index (Phi) is 6.85. The summed E-state index contributed by atoms with van der Waals surface area (Å²) in [6.07, 6.45) is 0. The number of hydrogen-bond acceptors (Lipinski definition) is 3. The van der Waals surface area contributed by atoms with E-state index in [2.05, 4.69) is 120 Å². The van der Waals surface area contributed by atoms with E-state index in [4.69, 9.17) is 4.98 Å². The van der Waals surface area contributed by atoms with Crippen LogP contribution in [-0.2, 0) is 0 Å². The van der Waals surface area contributed by atoms with Crippen LogP contribution >= 0.6 is 0 Å². The van der Waals surface area contributed by atoms with Crippen molar-refractivity contribution in [2.75, 3.05) is 0 Å². The van der Waals surface area contributed by atoms with Gasteiger partial charge in [-0.3, -0.25) is 4.57 Å². The van der Waals surface area contributed by atoms with Crippen LogP contribution in [-0.4, -0.2) is 43.3 Å². The van der Waals surface area contributed by atoms with Crippen LogP contribution in [0.2, 0.25) is 0 Å². The second-order valence-corrected chi connectivity index (χ2v) is 13.2. The number of aromatic nitrogens is 2. The average Bonchev–Trinajstić information content (AvgIpc) is 3.54. The normalized spacial score (nSPS) is 11.6. The summed E-state index contributed by atoms with van der Waals surface area (Å²) in [4.78, 5) is 5.00. The van der Waals surface area contributed by atoms with Crippen molar-refractivity contribution in [2.24, 2.45) is 0 Å². The fourth-order valence-corrected chi connectivity index (χ4v) is 7.72. The van der Waals surface area contributed by atoms with Crippen molar-refractivity contribution in [3.8, 4) is 50.8 Å². The molecule has 0 atom stereocenters. The monoisotopic (exact) mass is 640 g/mol. The zero-order valence-corrected chi connectivity index (χ0v) is 28.1. The van der Waals surface area contributed by atoms with Gasteiger partial charge in [-0.1, -0.05) is 126 Å². The quantitative estimate of drug-likeness (QED) is 0.148. The molecule has 0 amide bonds. The minimum Gasteiger partial charge on any atom is -0.505 e. The molecule has 7 heteroatoms. The Morgan fingerprint density at radius 1 is 0.460 bits per heavy atom. The van der Waals surface area contributed by atoms with Crippen molar-refractivity contribution in [3.05, 3.63) is 140 Å². The van der Waals surface area contributed by atoms with Gasteiger partial charge in [0.05, 0.1) is 16.6 Å². The molecule has 8 aromatic carbocycles. The van der Waals surface area contributed by atoms with Crippen LogP contribution < -0.4 is 16.4 Å². The molecule has 1 aromatic heterocycles. The van der Waals surface area contributed by atoms with Gasteiger partial charge in [0.15, 0.2) is 11.5 Å². The maximum absolute atomic E-state index is 11.3. The highest BCUT2D eigenvalue weighted by Gasteiger charge is 2.24. The summed E-state index contributed by atoms with van der Waals surface area (Å²) >= 11 is 0. The number of aromatic hydroxyl groups is 2. The van der Waals surface area contributed by atoms with Crippen LogP contribution in [0.15, 0.2) is 140 Å². The van der Waals surface area contributed by atoms with E-state index in [9.17, 15) is 10.2 Å². The Bertz CT molecular complexity index is 2740. The molecule has 0 bridgehead atoms. The number of para-hydroxylation sites is 2. The highest BCUT2D eigenvalue weighted by Crippen LogP contribution is 2.44. The molecule has 0 fully saturated rings. The minimum absolute atomic E-state index is 0.108. The lowest BCUT2D eigenvalue weighted by Gasteiger charge is -2.19. The fourth-order valence-electron chi connectivity index (χ4n) is 7.72. The van der Waals surface area contributed by atoms with E-state index in [1.54, 1.807) is 0 Å². The van der Waals surface area contributed by atoms with Gasteiger partial charge < -0.3 is 10.2 Å². The maximum Gasteiger partial charge on any atom is 0.167 e. The molecular formula is C43H31B3N2O2. The summed E-state index contributed by atoms with van der Waals surface area (Å²) in [5.74, 6) is 0.328. The smallest absolute Gasteiger partial charge is 0.167 e. The van der Waals surface area contributed by atoms with E-state index < -0.39 is 0 Å². The number of imidazole rings is 1. The van der Waals surface area contributed by atoms with Crippen LogP contribution in [0.3, 0.4) is 0 Å². The highest BCUT2D eigenvalue weighted by atomic mass is 16.3. The molecule has 9 aromatic rings. The van der Waals surface area contributed by atoms with Crippen molar-refractivity contribution in [1.29, 1.82) is 0 Å². The van der Waals surface area contributed by atoms with Crippen molar-refractivity contribution < 1.29 is 10.2 Å². The van der Waals surface area contributed by atoms with Gasteiger partial charge in [0.1, 0.15) is 29.4 Å². The number of phenolic OH excluding ortho intramolecular Hbond substituents is 2. The Labute approximate surface area is 292 Å². The van der Waals surface area contributed by atoms with Gasteiger partial charge in [-0.25, -0.2) is 4.98 Å². The van der Waals surface area contributed by atoms with E-state index >= 15 is 0 Å². The standard InChI is InChI=1S/C43H31B3N2O2/c44-38-37(41(49)42(50)40(46)39(38)45)43-47-33-15-7-8-16-34(33)48(43)28-21-19-25(20-22-28)35-29-11-3-5-13-31(29)36(32-14-6-4-12-30(32)35)27-18-17-24-9-1-2-10-26(24)23-27/h1-23,49-50H,44-46H2. The minimum atomic E-state index is -0.150. The summed E-state index contributed by atoms with van der Waals surface area (Å²) < 4.78 is 2.08. The van der Waals surface area contributed by atoms with Gasteiger partial charge in [-0.05, 0) is 84.9 Å². The second kappa shape index (κ2) is 11.5. The summed E-state index contributed by atoms with van der Waals surface area (Å²) in [5, 5.41) is 29.4.